The van der Waals surface area contributed by atoms with Crippen LogP contribution in [0.2, 0.25) is 0 Å². The number of rotatable bonds is 6. The standard InChI is InChI=1S/C16H27N3/c1-14(2)18-13-16-7-3-4-10-19(16)11-8-15-6-5-9-17-12-15/h5-6,9,12,14,16,18H,3-4,7-8,10-11,13H2,1-2H3. The largest absolute Gasteiger partial charge is 0.313 e. The number of pyridine rings is 1. The Hall–Kier alpha value is -0.930. The van der Waals surface area contributed by atoms with E-state index in [2.05, 4.69) is 35.1 Å². The number of piperidine rings is 1. The Kier molecular flexibility index (Phi) is 5.80. The van der Waals surface area contributed by atoms with Gasteiger partial charge in [-0.05, 0) is 37.4 Å². The fourth-order valence-electron chi connectivity index (χ4n) is 2.78. The van der Waals surface area contributed by atoms with Crippen LogP contribution in [-0.4, -0.2) is 41.6 Å². The van der Waals surface area contributed by atoms with Crippen molar-refractivity contribution < 1.29 is 0 Å². The maximum atomic E-state index is 4.20. The Morgan fingerprint density at radius 1 is 1.42 bits per heavy atom. The van der Waals surface area contributed by atoms with Crippen molar-refractivity contribution in [1.29, 1.82) is 0 Å². The first-order valence-corrected chi connectivity index (χ1v) is 7.62. The molecule has 1 unspecified atom stereocenters. The summed E-state index contributed by atoms with van der Waals surface area (Å²) in [5.41, 5.74) is 1.35. The Bertz CT molecular complexity index is 350. The molecule has 106 valence electrons. The summed E-state index contributed by atoms with van der Waals surface area (Å²) in [7, 11) is 0. The van der Waals surface area contributed by atoms with Gasteiger partial charge in [-0.25, -0.2) is 0 Å². The minimum Gasteiger partial charge on any atom is -0.313 e. The summed E-state index contributed by atoms with van der Waals surface area (Å²) < 4.78 is 0. The van der Waals surface area contributed by atoms with E-state index in [0.717, 1.165) is 19.5 Å². The average Bonchev–Trinajstić information content (AvgIpc) is 2.45. The average molecular weight is 261 g/mol. The highest BCUT2D eigenvalue weighted by Crippen LogP contribution is 2.17. The molecule has 0 amide bonds. The second-order valence-electron chi connectivity index (χ2n) is 5.86. The molecular formula is C16H27N3. The molecule has 0 radical (unpaired) electrons. The number of hydrogen-bond donors (Lipinski definition) is 1. The van der Waals surface area contributed by atoms with Crippen molar-refractivity contribution in [3.8, 4) is 0 Å². The van der Waals surface area contributed by atoms with Gasteiger partial charge < -0.3 is 5.32 Å². The Morgan fingerprint density at radius 3 is 3.05 bits per heavy atom. The van der Waals surface area contributed by atoms with Gasteiger partial charge in [0.05, 0.1) is 0 Å². The molecule has 19 heavy (non-hydrogen) atoms. The van der Waals surface area contributed by atoms with E-state index in [-0.39, 0.29) is 0 Å². The molecule has 3 nitrogen and oxygen atoms in total. The molecule has 1 aromatic rings. The van der Waals surface area contributed by atoms with Crippen LogP contribution in [0.5, 0.6) is 0 Å². The summed E-state index contributed by atoms with van der Waals surface area (Å²) in [5, 5.41) is 3.59. The van der Waals surface area contributed by atoms with E-state index in [0.29, 0.717) is 12.1 Å². The zero-order chi connectivity index (χ0) is 13.5. The van der Waals surface area contributed by atoms with E-state index < -0.39 is 0 Å². The highest BCUT2D eigenvalue weighted by Gasteiger charge is 2.21. The third kappa shape index (κ3) is 4.92. The summed E-state index contributed by atoms with van der Waals surface area (Å²) in [6.07, 6.45) is 9.03. The van der Waals surface area contributed by atoms with Crippen LogP contribution in [0.25, 0.3) is 0 Å². The van der Waals surface area contributed by atoms with E-state index in [9.17, 15) is 0 Å². The quantitative estimate of drug-likeness (QED) is 0.852. The van der Waals surface area contributed by atoms with Crippen LogP contribution in [0.15, 0.2) is 24.5 Å². The summed E-state index contributed by atoms with van der Waals surface area (Å²) >= 11 is 0. The van der Waals surface area contributed by atoms with E-state index in [4.69, 9.17) is 0 Å². The molecule has 1 aliphatic rings. The van der Waals surface area contributed by atoms with E-state index in [1.54, 1.807) is 0 Å². The van der Waals surface area contributed by atoms with Crippen LogP contribution >= 0.6 is 0 Å². The molecule has 2 rings (SSSR count). The second kappa shape index (κ2) is 7.61. The monoisotopic (exact) mass is 261 g/mol. The maximum absolute atomic E-state index is 4.20. The van der Waals surface area contributed by atoms with Crippen LogP contribution in [-0.2, 0) is 6.42 Å². The van der Waals surface area contributed by atoms with E-state index in [1.165, 1.54) is 31.4 Å². The summed E-state index contributed by atoms with van der Waals surface area (Å²) in [5.74, 6) is 0. The van der Waals surface area contributed by atoms with Crippen molar-refractivity contribution in [3.63, 3.8) is 0 Å². The van der Waals surface area contributed by atoms with Crippen molar-refractivity contribution >= 4 is 0 Å². The SMILES string of the molecule is CC(C)NCC1CCCCN1CCc1cccnc1. The molecule has 1 aromatic heterocycles. The summed E-state index contributed by atoms with van der Waals surface area (Å²) in [6.45, 7) is 8.00. The van der Waals surface area contributed by atoms with E-state index >= 15 is 0 Å². The first kappa shape index (κ1) is 14.5. The Balaban J connectivity index is 1.82. The lowest BCUT2D eigenvalue weighted by Gasteiger charge is -2.36. The molecule has 0 spiro atoms. The maximum Gasteiger partial charge on any atom is 0.0300 e. The zero-order valence-electron chi connectivity index (χ0n) is 12.3. The lowest BCUT2D eigenvalue weighted by Crippen LogP contribution is -2.47. The third-order valence-corrected chi connectivity index (χ3v) is 3.92. The predicted octanol–water partition coefficient (Wildman–Crippen LogP) is 2.48. The fraction of sp³-hybridized carbons (Fsp3) is 0.688. The van der Waals surface area contributed by atoms with Gasteiger partial charge in [0.2, 0.25) is 0 Å². The zero-order valence-corrected chi connectivity index (χ0v) is 12.3. The Labute approximate surface area is 117 Å². The summed E-state index contributed by atoms with van der Waals surface area (Å²) in [4.78, 5) is 6.85. The smallest absolute Gasteiger partial charge is 0.0300 e. The summed E-state index contributed by atoms with van der Waals surface area (Å²) in [6, 6.07) is 5.51. The van der Waals surface area contributed by atoms with E-state index in [1.807, 2.05) is 18.5 Å². The molecule has 2 heterocycles. The van der Waals surface area contributed by atoms with Gasteiger partial charge in [-0.15, -0.1) is 0 Å². The van der Waals surface area contributed by atoms with Crippen LogP contribution in [0.1, 0.15) is 38.7 Å². The molecule has 0 saturated carbocycles. The molecule has 3 heteroatoms. The van der Waals surface area contributed by atoms with Crippen molar-refractivity contribution in [2.24, 2.45) is 0 Å². The molecule has 0 bridgehead atoms. The predicted molar refractivity (Wildman–Crippen MR) is 80.3 cm³/mol. The number of nitrogens with one attached hydrogen (secondary N) is 1. The minimum atomic E-state index is 0.585. The molecule has 1 aliphatic heterocycles. The van der Waals surface area contributed by atoms with Gasteiger partial charge in [-0.2, -0.15) is 0 Å². The third-order valence-electron chi connectivity index (χ3n) is 3.92. The highest BCUT2D eigenvalue weighted by atomic mass is 15.2. The molecule has 1 saturated heterocycles. The van der Waals surface area contributed by atoms with Gasteiger partial charge in [0.15, 0.2) is 0 Å². The van der Waals surface area contributed by atoms with Gasteiger partial charge in [-0.1, -0.05) is 26.3 Å². The number of likely N-dealkylation sites (tertiary alicyclic amines) is 1. The molecular weight excluding hydrogens is 234 g/mol. The van der Waals surface area contributed by atoms with Crippen molar-refractivity contribution in [2.45, 2.75) is 51.6 Å². The lowest BCUT2D eigenvalue weighted by molar-refractivity contribution is 0.145. The first-order valence-electron chi connectivity index (χ1n) is 7.62. The van der Waals surface area contributed by atoms with Crippen molar-refractivity contribution in [3.05, 3.63) is 30.1 Å². The number of hydrogen-bond acceptors (Lipinski definition) is 3. The lowest BCUT2D eigenvalue weighted by atomic mass is 10.0. The molecule has 0 aliphatic carbocycles. The Morgan fingerprint density at radius 2 is 2.32 bits per heavy atom. The van der Waals surface area contributed by atoms with Crippen molar-refractivity contribution in [2.75, 3.05) is 19.6 Å². The normalized spacial score (nSPS) is 20.9. The van der Waals surface area contributed by atoms with Gasteiger partial charge in [-0.3, -0.25) is 9.88 Å². The van der Waals surface area contributed by atoms with Gasteiger partial charge in [0, 0.05) is 37.6 Å². The first-order chi connectivity index (χ1) is 9.25. The fourth-order valence-corrected chi connectivity index (χ4v) is 2.78. The van der Waals surface area contributed by atoms with Crippen LogP contribution in [0.4, 0.5) is 0 Å². The van der Waals surface area contributed by atoms with Crippen LogP contribution in [0, 0.1) is 0 Å². The van der Waals surface area contributed by atoms with Crippen molar-refractivity contribution in [1.82, 2.24) is 15.2 Å². The van der Waals surface area contributed by atoms with Gasteiger partial charge in [0.25, 0.3) is 0 Å². The number of nitrogens with zero attached hydrogens (tertiary/aromatic N) is 2. The molecule has 0 aromatic carbocycles. The topological polar surface area (TPSA) is 28.2 Å². The second-order valence-corrected chi connectivity index (χ2v) is 5.86. The van der Waals surface area contributed by atoms with Gasteiger partial charge in [0.1, 0.15) is 0 Å². The highest BCUT2D eigenvalue weighted by molar-refractivity contribution is 5.08. The molecule has 1 N–H and O–H groups in total. The van der Waals surface area contributed by atoms with Gasteiger partial charge >= 0.3 is 0 Å². The van der Waals surface area contributed by atoms with Crippen LogP contribution in [0.3, 0.4) is 0 Å². The molecule has 1 fully saturated rings. The molecule has 1 atom stereocenters. The minimum absolute atomic E-state index is 0.585. The van der Waals surface area contributed by atoms with Crippen LogP contribution < -0.4 is 5.32 Å². The number of aromatic nitrogens is 1.